The van der Waals surface area contributed by atoms with Gasteiger partial charge in [0, 0.05) is 38.8 Å². The number of nitrogens with one attached hydrogen (secondary N) is 1. The second kappa shape index (κ2) is 7.55. The zero-order valence-corrected chi connectivity index (χ0v) is 15.9. The molecule has 0 saturated carbocycles. The van der Waals surface area contributed by atoms with Gasteiger partial charge in [-0.3, -0.25) is 4.79 Å². The molecule has 4 rings (SSSR count). The molecule has 1 saturated heterocycles. The second-order valence-electron chi connectivity index (χ2n) is 7.40. The van der Waals surface area contributed by atoms with Crippen LogP contribution in [0.3, 0.4) is 0 Å². The van der Waals surface area contributed by atoms with Gasteiger partial charge in [0.05, 0.1) is 24.1 Å². The Morgan fingerprint density at radius 1 is 1.29 bits per heavy atom. The summed E-state index contributed by atoms with van der Waals surface area (Å²) in [5, 5.41) is 10.9. The molecule has 28 heavy (non-hydrogen) atoms. The molecule has 2 N–H and O–H groups in total. The summed E-state index contributed by atoms with van der Waals surface area (Å²) in [7, 11) is 1.74. The Hall–Kier alpha value is -3.00. The number of H-pyrrole nitrogens is 1. The molecule has 0 radical (unpaired) electrons. The van der Waals surface area contributed by atoms with Gasteiger partial charge in [-0.15, -0.1) is 0 Å². The van der Waals surface area contributed by atoms with Crippen molar-refractivity contribution in [2.24, 2.45) is 0 Å². The number of rotatable bonds is 6. The first-order valence-electron chi connectivity index (χ1n) is 9.44. The average Bonchev–Trinajstić information content (AvgIpc) is 3.30. The van der Waals surface area contributed by atoms with E-state index < -0.39 is 5.60 Å². The van der Waals surface area contributed by atoms with E-state index in [0.717, 1.165) is 16.9 Å². The van der Waals surface area contributed by atoms with E-state index in [1.165, 1.54) is 0 Å². The number of fused-ring (bicyclic) bond motifs is 1. The third-order valence-corrected chi connectivity index (χ3v) is 5.14. The van der Waals surface area contributed by atoms with Crippen molar-refractivity contribution >= 4 is 22.9 Å². The molecule has 1 aromatic carbocycles. The van der Waals surface area contributed by atoms with Gasteiger partial charge in [-0.2, -0.15) is 0 Å². The van der Waals surface area contributed by atoms with E-state index >= 15 is 0 Å². The van der Waals surface area contributed by atoms with Crippen molar-refractivity contribution in [3.63, 3.8) is 0 Å². The van der Waals surface area contributed by atoms with Gasteiger partial charge in [0.2, 0.25) is 11.9 Å². The average molecular weight is 380 g/mol. The molecule has 1 atom stereocenters. The molecular formula is C20H24N6O2. The number of hydrogen-bond acceptors (Lipinski definition) is 6. The van der Waals surface area contributed by atoms with Gasteiger partial charge in [0.15, 0.2) is 0 Å². The number of likely N-dealkylation sites (N-methyl/N-ethyl adjacent to an activating group) is 1. The Bertz CT molecular complexity index is 926. The first-order chi connectivity index (χ1) is 13.5. The zero-order chi connectivity index (χ0) is 19.6. The lowest BCUT2D eigenvalue weighted by Crippen LogP contribution is -2.46. The number of imidazole rings is 1. The molecule has 0 bridgehead atoms. The summed E-state index contributed by atoms with van der Waals surface area (Å²) < 4.78 is 0. The van der Waals surface area contributed by atoms with Gasteiger partial charge in [-0.25, -0.2) is 15.0 Å². The van der Waals surface area contributed by atoms with Crippen molar-refractivity contribution in [3.8, 4) is 0 Å². The number of aromatic amines is 1. The summed E-state index contributed by atoms with van der Waals surface area (Å²) in [4.78, 5) is 32.3. The Labute approximate surface area is 163 Å². The smallest absolute Gasteiger partial charge is 0.225 e. The number of para-hydroxylation sites is 2. The van der Waals surface area contributed by atoms with Crippen molar-refractivity contribution in [2.75, 3.05) is 31.6 Å². The quantitative estimate of drug-likeness (QED) is 0.671. The summed E-state index contributed by atoms with van der Waals surface area (Å²) in [5.74, 6) is 1.40. The van der Waals surface area contributed by atoms with Crippen LogP contribution in [0.4, 0.5) is 5.95 Å². The van der Waals surface area contributed by atoms with Crippen molar-refractivity contribution in [1.29, 1.82) is 0 Å². The number of anilines is 1. The number of amides is 1. The fraction of sp³-hybridized carbons (Fsp3) is 0.400. The van der Waals surface area contributed by atoms with Crippen LogP contribution in [0.2, 0.25) is 0 Å². The molecule has 146 valence electrons. The molecule has 3 heterocycles. The Kier molecular flexibility index (Phi) is 4.95. The molecular weight excluding hydrogens is 356 g/mol. The highest BCUT2D eigenvalue weighted by Gasteiger charge is 2.38. The summed E-state index contributed by atoms with van der Waals surface area (Å²) in [5.41, 5.74) is 0.923. The van der Waals surface area contributed by atoms with Crippen molar-refractivity contribution < 1.29 is 9.90 Å². The van der Waals surface area contributed by atoms with Gasteiger partial charge in [0.1, 0.15) is 11.4 Å². The molecule has 1 aliphatic rings. The highest BCUT2D eigenvalue weighted by Crippen LogP contribution is 2.25. The van der Waals surface area contributed by atoms with E-state index in [-0.39, 0.29) is 12.5 Å². The van der Waals surface area contributed by atoms with Crippen LogP contribution in [0.15, 0.2) is 42.7 Å². The maximum Gasteiger partial charge on any atom is 0.225 e. The van der Waals surface area contributed by atoms with Crippen LogP contribution >= 0.6 is 0 Å². The molecule has 0 aliphatic carbocycles. The lowest BCUT2D eigenvalue weighted by molar-refractivity contribution is -0.132. The molecule has 1 fully saturated rings. The predicted octanol–water partition coefficient (Wildman–Crippen LogP) is 1.39. The minimum atomic E-state index is -0.955. The molecule has 3 aromatic rings. The number of carbonyl (C=O) groups is 1. The van der Waals surface area contributed by atoms with Crippen LogP contribution < -0.4 is 4.90 Å². The summed E-state index contributed by atoms with van der Waals surface area (Å²) in [6.07, 6.45) is 4.84. The van der Waals surface area contributed by atoms with E-state index in [1.807, 2.05) is 29.2 Å². The molecule has 1 amide bonds. The number of hydrogen-bond donors (Lipinski definition) is 2. The number of aryl methyl sites for hydroxylation is 1. The third-order valence-electron chi connectivity index (χ3n) is 5.14. The van der Waals surface area contributed by atoms with Crippen LogP contribution in [0, 0.1) is 0 Å². The van der Waals surface area contributed by atoms with Crippen LogP contribution in [0.1, 0.15) is 18.7 Å². The lowest BCUT2D eigenvalue weighted by Gasteiger charge is -2.29. The SMILES string of the molecule is CN(CC1(O)CCN(c2ncccn2)C1)C(=O)CCc1nc2ccccc2[nH]1. The van der Waals surface area contributed by atoms with Gasteiger partial charge < -0.3 is 19.9 Å². The normalized spacial score (nSPS) is 19.3. The minimum absolute atomic E-state index is 0.0108. The highest BCUT2D eigenvalue weighted by molar-refractivity contribution is 5.77. The third kappa shape index (κ3) is 3.96. The molecule has 8 nitrogen and oxygen atoms in total. The van der Waals surface area contributed by atoms with E-state index in [4.69, 9.17) is 0 Å². The first-order valence-corrected chi connectivity index (χ1v) is 9.44. The largest absolute Gasteiger partial charge is 0.386 e. The fourth-order valence-electron chi connectivity index (χ4n) is 3.68. The van der Waals surface area contributed by atoms with Gasteiger partial charge in [0.25, 0.3) is 0 Å². The van der Waals surface area contributed by atoms with E-state index in [9.17, 15) is 9.90 Å². The number of β-amino-alcohol motifs (C(OH)–C–C–N with tert-alkyl or cyclic N) is 1. The van der Waals surface area contributed by atoms with E-state index in [1.54, 1.807) is 30.4 Å². The molecule has 2 aromatic heterocycles. The van der Waals surface area contributed by atoms with Crippen LogP contribution in [-0.2, 0) is 11.2 Å². The van der Waals surface area contributed by atoms with Gasteiger partial charge in [-0.05, 0) is 24.6 Å². The topological polar surface area (TPSA) is 98.2 Å². The number of aromatic nitrogens is 4. The standard InChI is InChI=1S/C20H24N6O2/c1-25(13-20(28)9-12-26(14-20)19-21-10-4-11-22-19)18(27)8-7-17-23-15-5-2-3-6-16(15)24-17/h2-6,10-11,28H,7-9,12-14H2,1H3,(H,23,24). The summed E-state index contributed by atoms with van der Waals surface area (Å²) >= 11 is 0. The monoisotopic (exact) mass is 380 g/mol. The maximum absolute atomic E-state index is 12.5. The summed E-state index contributed by atoms with van der Waals surface area (Å²) in [6, 6.07) is 9.58. The Balaban J connectivity index is 1.31. The lowest BCUT2D eigenvalue weighted by atomic mass is 10.0. The van der Waals surface area contributed by atoms with Crippen molar-refractivity contribution in [3.05, 3.63) is 48.5 Å². The van der Waals surface area contributed by atoms with Gasteiger partial charge >= 0.3 is 0 Å². The number of benzene rings is 1. The van der Waals surface area contributed by atoms with E-state index in [2.05, 4.69) is 19.9 Å². The van der Waals surface area contributed by atoms with Crippen molar-refractivity contribution in [2.45, 2.75) is 24.9 Å². The minimum Gasteiger partial charge on any atom is -0.386 e. The van der Waals surface area contributed by atoms with Crippen LogP contribution in [0.5, 0.6) is 0 Å². The summed E-state index contributed by atoms with van der Waals surface area (Å²) in [6.45, 7) is 1.37. The van der Waals surface area contributed by atoms with Crippen molar-refractivity contribution in [1.82, 2.24) is 24.8 Å². The highest BCUT2D eigenvalue weighted by atomic mass is 16.3. The van der Waals surface area contributed by atoms with Gasteiger partial charge in [-0.1, -0.05) is 12.1 Å². The van der Waals surface area contributed by atoms with Crippen LogP contribution in [0.25, 0.3) is 11.0 Å². The molecule has 1 unspecified atom stereocenters. The molecule has 1 aliphatic heterocycles. The number of nitrogens with zero attached hydrogens (tertiary/aromatic N) is 5. The Morgan fingerprint density at radius 2 is 2.07 bits per heavy atom. The molecule has 0 spiro atoms. The van der Waals surface area contributed by atoms with E-state index in [0.29, 0.717) is 38.3 Å². The second-order valence-corrected chi connectivity index (χ2v) is 7.40. The fourth-order valence-corrected chi connectivity index (χ4v) is 3.68. The Morgan fingerprint density at radius 3 is 2.86 bits per heavy atom. The first kappa shape index (κ1) is 18.4. The van der Waals surface area contributed by atoms with Crippen LogP contribution in [-0.4, -0.2) is 68.1 Å². The zero-order valence-electron chi connectivity index (χ0n) is 15.9. The number of carbonyl (C=O) groups excluding carboxylic acids is 1. The predicted molar refractivity (Wildman–Crippen MR) is 106 cm³/mol. The molecule has 8 heteroatoms. The number of aliphatic hydroxyl groups is 1. The maximum atomic E-state index is 12.5.